The fourth-order valence-corrected chi connectivity index (χ4v) is 2.91. The molecule has 0 atom stereocenters. The van der Waals surface area contributed by atoms with Crippen LogP contribution in [0.15, 0.2) is 78.9 Å². The summed E-state index contributed by atoms with van der Waals surface area (Å²) in [4.78, 5) is 25.0. The summed E-state index contributed by atoms with van der Waals surface area (Å²) in [7, 11) is 0. The number of benzene rings is 3. The number of carbonyl (C=O) groups is 2. The maximum atomic E-state index is 12.6. The van der Waals surface area contributed by atoms with Crippen molar-refractivity contribution >= 4 is 29.1 Å². The molecule has 0 aromatic heterocycles. The van der Waals surface area contributed by atoms with Gasteiger partial charge in [0.1, 0.15) is 0 Å². The number of halogens is 1. The van der Waals surface area contributed by atoms with Gasteiger partial charge in [0, 0.05) is 6.54 Å². The van der Waals surface area contributed by atoms with Crippen molar-refractivity contribution < 1.29 is 9.59 Å². The monoisotopic (exact) mass is 408 g/mol. The third kappa shape index (κ3) is 6.47. The summed E-state index contributed by atoms with van der Waals surface area (Å²) in [5.74, 6) is -0.592. The number of amides is 2. The minimum Gasteiger partial charge on any atom is -0.352 e. The molecule has 3 rings (SSSR count). The Kier molecular flexibility index (Phi) is 8.93. The van der Waals surface area contributed by atoms with Crippen molar-refractivity contribution in [2.45, 2.75) is 20.3 Å². The molecule has 0 heterocycles. The van der Waals surface area contributed by atoms with Crippen LogP contribution < -0.4 is 10.6 Å². The van der Waals surface area contributed by atoms with E-state index in [1.807, 2.05) is 44.2 Å². The second-order valence-electron chi connectivity index (χ2n) is 5.97. The first kappa shape index (κ1) is 22.2. The molecule has 0 unspecified atom stereocenters. The average Bonchev–Trinajstić information content (AvgIpc) is 2.76. The maximum absolute atomic E-state index is 12.6. The van der Waals surface area contributed by atoms with Gasteiger partial charge in [-0.2, -0.15) is 0 Å². The zero-order chi connectivity index (χ0) is 21.1. The summed E-state index contributed by atoms with van der Waals surface area (Å²) >= 11 is 6.07. The minimum absolute atomic E-state index is 0.235. The largest absolute Gasteiger partial charge is 0.352 e. The van der Waals surface area contributed by atoms with Gasteiger partial charge in [0.15, 0.2) is 0 Å². The van der Waals surface area contributed by atoms with Gasteiger partial charge >= 0.3 is 0 Å². The highest BCUT2D eigenvalue weighted by molar-refractivity contribution is 6.34. The van der Waals surface area contributed by atoms with Crippen molar-refractivity contribution in [1.29, 1.82) is 0 Å². The molecular weight excluding hydrogens is 384 g/mol. The smallest absolute Gasteiger partial charge is 0.257 e. The summed E-state index contributed by atoms with van der Waals surface area (Å²) in [6.07, 6.45) is 0.737. The molecule has 0 spiro atoms. The lowest BCUT2D eigenvalue weighted by molar-refractivity contribution is 0.0955. The van der Waals surface area contributed by atoms with Crippen molar-refractivity contribution in [3.63, 3.8) is 0 Å². The van der Waals surface area contributed by atoms with Crippen LogP contribution in [0.5, 0.6) is 0 Å². The van der Waals surface area contributed by atoms with Gasteiger partial charge < -0.3 is 10.6 Å². The van der Waals surface area contributed by atoms with Gasteiger partial charge in [-0.25, -0.2) is 0 Å². The molecule has 0 aliphatic rings. The average molecular weight is 409 g/mol. The zero-order valence-electron chi connectivity index (χ0n) is 16.6. The molecular formula is C24H25ClN2O2. The Balaban J connectivity index is 0.00000145. The van der Waals surface area contributed by atoms with Gasteiger partial charge in [0.05, 0.1) is 21.8 Å². The number of hydrogen-bond acceptors (Lipinski definition) is 2. The first-order valence-electron chi connectivity index (χ1n) is 9.62. The van der Waals surface area contributed by atoms with Crippen molar-refractivity contribution in [3.8, 4) is 0 Å². The fraction of sp³-hybridized carbons (Fsp3) is 0.167. The molecule has 0 radical (unpaired) electrons. The van der Waals surface area contributed by atoms with Crippen LogP contribution in [-0.4, -0.2) is 18.4 Å². The summed E-state index contributed by atoms with van der Waals surface area (Å²) in [5, 5.41) is 6.03. The Labute approximate surface area is 176 Å². The second-order valence-corrected chi connectivity index (χ2v) is 6.38. The standard InChI is InChI=1S/C22H19ClN2O2.C2H6/c23-19-12-6-4-10-17(19)22(27)25-20-13-7-5-11-18(20)21(26)24-15-14-16-8-2-1-3-9-16;1-2/h1-13H,14-15H2,(H,24,26)(H,25,27);1-2H3. The molecule has 3 aromatic carbocycles. The molecule has 5 heteroatoms. The molecule has 0 aliphatic heterocycles. The SMILES string of the molecule is CC.O=C(Nc1ccccc1C(=O)NCCc1ccccc1)c1ccccc1Cl. The maximum Gasteiger partial charge on any atom is 0.257 e. The van der Waals surface area contributed by atoms with Crippen LogP contribution in [0.3, 0.4) is 0 Å². The summed E-state index contributed by atoms with van der Waals surface area (Å²) in [5.41, 5.74) is 2.36. The van der Waals surface area contributed by atoms with Crippen LogP contribution in [0.25, 0.3) is 0 Å². The lowest BCUT2D eigenvalue weighted by Crippen LogP contribution is -2.27. The molecule has 0 saturated carbocycles. The molecule has 4 nitrogen and oxygen atoms in total. The van der Waals surface area contributed by atoms with E-state index in [1.165, 1.54) is 0 Å². The zero-order valence-corrected chi connectivity index (χ0v) is 17.4. The van der Waals surface area contributed by atoms with Crippen LogP contribution in [0, 0.1) is 0 Å². The Bertz CT molecular complexity index is 942. The first-order valence-corrected chi connectivity index (χ1v) is 10.00. The number of anilines is 1. The van der Waals surface area contributed by atoms with E-state index in [-0.39, 0.29) is 11.8 Å². The quantitative estimate of drug-likeness (QED) is 0.558. The van der Waals surface area contributed by atoms with Crippen LogP contribution in [-0.2, 0) is 6.42 Å². The summed E-state index contributed by atoms with van der Waals surface area (Å²) in [6.45, 7) is 4.51. The van der Waals surface area contributed by atoms with E-state index >= 15 is 0 Å². The van der Waals surface area contributed by atoms with Crippen LogP contribution in [0.2, 0.25) is 5.02 Å². The minimum atomic E-state index is -0.356. The molecule has 150 valence electrons. The number of rotatable bonds is 6. The first-order chi connectivity index (χ1) is 14.1. The fourth-order valence-electron chi connectivity index (χ4n) is 2.69. The number of carbonyl (C=O) groups excluding carboxylic acids is 2. The normalized spacial score (nSPS) is 9.76. The highest BCUT2D eigenvalue weighted by atomic mass is 35.5. The summed E-state index contributed by atoms with van der Waals surface area (Å²) < 4.78 is 0. The van der Waals surface area contributed by atoms with Gasteiger partial charge in [-0.05, 0) is 36.2 Å². The molecule has 0 aliphatic carbocycles. The number of hydrogen-bond donors (Lipinski definition) is 2. The Morgan fingerprint density at radius 3 is 2.03 bits per heavy atom. The van der Waals surface area contributed by atoms with E-state index < -0.39 is 0 Å². The summed E-state index contributed by atoms with van der Waals surface area (Å²) in [6, 6.07) is 23.6. The van der Waals surface area contributed by atoms with E-state index in [0.29, 0.717) is 28.4 Å². The third-order valence-corrected chi connectivity index (χ3v) is 4.41. The molecule has 2 N–H and O–H groups in total. The van der Waals surface area contributed by atoms with Crippen molar-refractivity contribution in [1.82, 2.24) is 5.32 Å². The lowest BCUT2D eigenvalue weighted by Gasteiger charge is -2.12. The van der Waals surface area contributed by atoms with E-state index in [9.17, 15) is 9.59 Å². The predicted molar refractivity (Wildman–Crippen MR) is 120 cm³/mol. The van der Waals surface area contributed by atoms with Crippen molar-refractivity contribution in [2.24, 2.45) is 0 Å². The molecule has 2 amide bonds. The van der Waals surface area contributed by atoms with Gasteiger partial charge in [0.25, 0.3) is 11.8 Å². The highest BCUT2D eigenvalue weighted by Crippen LogP contribution is 2.20. The lowest BCUT2D eigenvalue weighted by atomic mass is 10.1. The number of nitrogens with one attached hydrogen (secondary N) is 2. The Morgan fingerprint density at radius 2 is 1.34 bits per heavy atom. The molecule has 0 fully saturated rings. The molecule has 3 aromatic rings. The van der Waals surface area contributed by atoms with Gasteiger partial charge in [0.2, 0.25) is 0 Å². The van der Waals surface area contributed by atoms with E-state index in [2.05, 4.69) is 10.6 Å². The van der Waals surface area contributed by atoms with E-state index in [1.54, 1.807) is 48.5 Å². The predicted octanol–water partition coefficient (Wildman–Crippen LogP) is 5.59. The molecule has 0 saturated heterocycles. The van der Waals surface area contributed by atoms with Crippen molar-refractivity contribution in [3.05, 3.63) is 101 Å². The van der Waals surface area contributed by atoms with Gasteiger partial charge in [-0.3, -0.25) is 9.59 Å². The third-order valence-electron chi connectivity index (χ3n) is 4.08. The molecule has 29 heavy (non-hydrogen) atoms. The van der Waals surface area contributed by atoms with Crippen LogP contribution in [0.1, 0.15) is 40.1 Å². The van der Waals surface area contributed by atoms with Crippen LogP contribution in [0.4, 0.5) is 5.69 Å². The van der Waals surface area contributed by atoms with Crippen LogP contribution >= 0.6 is 11.6 Å². The number of para-hydroxylation sites is 1. The molecule has 0 bridgehead atoms. The Morgan fingerprint density at radius 1 is 0.759 bits per heavy atom. The van der Waals surface area contributed by atoms with E-state index in [0.717, 1.165) is 12.0 Å². The van der Waals surface area contributed by atoms with Gasteiger partial charge in [-0.15, -0.1) is 0 Å². The topological polar surface area (TPSA) is 58.2 Å². The second kappa shape index (κ2) is 11.7. The van der Waals surface area contributed by atoms with Gasteiger partial charge in [-0.1, -0.05) is 80.0 Å². The van der Waals surface area contributed by atoms with Crippen molar-refractivity contribution in [2.75, 3.05) is 11.9 Å². The van der Waals surface area contributed by atoms with E-state index in [4.69, 9.17) is 11.6 Å². The Hall–Kier alpha value is -3.11. The highest BCUT2D eigenvalue weighted by Gasteiger charge is 2.15.